The van der Waals surface area contributed by atoms with Gasteiger partial charge in [0.05, 0.1) is 0 Å². The second-order valence-electron chi connectivity index (χ2n) is 6.03. The summed E-state index contributed by atoms with van der Waals surface area (Å²) in [6.07, 6.45) is 2.24. The minimum Gasteiger partial charge on any atom is -0.354 e. The number of likely N-dealkylation sites (tertiary alicyclic amines) is 1. The maximum atomic E-state index is 12.2. The van der Waals surface area contributed by atoms with Crippen LogP contribution in [-0.4, -0.2) is 55.0 Å². The number of carbonyl (C=O) groups is 2. The van der Waals surface area contributed by atoms with Crippen molar-refractivity contribution in [2.75, 3.05) is 33.2 Å². The lowest BCUT2D eigenvalue weighted by Crippen LogP contribution is -2.48. The van der Waals surface area contributed by atoms with Gasteiger partial charge in [-0.05, 0) is 24.7 Å². The Kier molecular flexibility index (Phi) is 6.12. The normalized spacial score (nSPS) is 19.4. The van der Waals surface area contributed by atoms with Crippen LogP contribution in [0.25, 0.3) is 0 Å². The van der Waals surface area contributed by atoms with Gasteiger partial charge in [0.25, 0.3) is 0 Å². The molecule has 1 aliphatic heterocycles. The van der Waals surface area contributed by atoms with E-state index in [0.29, 0.717) is 18.4 Å². The van der Waals surface area contributed by atoms with Gasteiger partial charge in [-0.1, -0.05) is 20.8 Å². The molecular weight excluding hydrogens is 242 g/mol. The first-order chi connectivity index (χ1) is 8.90. The van der Waals surface area contributed by atoms with Crippen molar-refractivity contribution < 1.29 is 9.59 Å². The van der Waals surface area contributed by atoms with E-state index in [0.717, 1.165) is 19.5 Å². The van der Waals surface area contributed by atoms with E-state index in [1.54, 1.807) is 7.05 Å². The van der Waals surface area contributed by atoms with Crippen LogP contribution in [0.4, 0.5) is 4.79 Å². The Morgan fingerprint density at radius 3 is 2.68 bits per heavy atom. The Morgan fingerprint density at radius 2 is 2.11 bits per heavy atom. The third-order valence-corrected chi connectivity index (χ3v) is 3.34. The van der Waals surface area contributed by atoms with Gasteiger partial charge in [0.2, 0.25) is 5.91 Å². The summed E-state index contributed by atoms with van der Waals surface area (Å²) in [6, 6.07) is -0.0359. The molecule has 1 saturated heterocycles. The van der Waals surface area contributed by atoms with E-state index in [9.17, 15) is 9.59 Å². The molecule has 0 aromatic rings. The molecule has 1 unspecified atom stereocenters. The molecule has 19 heavy (non-hydrogen) atoms. The smallest absolute Gasteiger partial charge is 0.320 e. The van der Waals surface area contributed by atoms with Gasteiger partial charge in [-0.15, -0.1) is 0 Å². The number of hydrogen-bond acceptors (Lipinski definition) is 2. The number of nitrogens with zero attached hydrogens (tertiary/aromatic N) is 2. The van der Waals surface area contributed by atoms with E-state index in [2.05, 4.69) is 12.2 Å². The van der Waals surface area contributed by atoms with E-state index in [1.807, 2.05) is 18.7 Å². The molecule has 1 atom stereocenters. The number of rotatable bonds is 4. The number of amides is 3. The Balaban J connectivity index is 2.37. The van der Waals surface area contributed by atoms with Crippen LogP contribution in [0.15, 0.2) is 0 Å². The Morgan fingerprint density at radius 1 is 1.42 bits per heavy atom. The highest BCUT2D eigenvalue weighted by Crippen LogP contribution is 2.16. The van der Waals surface area contributed by atoms with Crippen molar-refractivity contribution >= 4 is 11.9 Å². The average Bonchev–Trinajstić information content (AvgIpc) is 2.35. The number of urea groups is 1. The fourth-order valence-corrected chi connectivity index (χ4v) is 2.26. The maximum absolute atomic E-state index is 12.2. The minimum absolute atomic E-state index is 0.0359. The molecule has 0 spiro atoms. The van der Waals surface area contributed by atoms with Crippen molar-refractivity contribution in [3.05, 3.63) is 0 Å². The van der Waals surface area contributed by atoms with Crippen LogP contribution >= 0.6 is 0 Å². The van der Waals surface area contributed by atoms with Crippen LogP contribution in [-0.2, 0) is 4.79 Å². The molecule has 1 rings (SSSR count). The number of carbonyl (C=O) groups excluding carboxylic acids is 2. The van der Waals surface area contributed by atoms with Gasteiger partial charge >= 0.3 is 6.03 Å². The van der Waals surface area contributed by atoms with Gasteiger partial charge in [-0.25, -0.2) is 4.79 Å². The number of hydrogen-bond donors (Lipinski definition) is 1. The summed E-state index contributed by atoms with van der Waals surface area (Å²) >= 11 is 0. The van der Waals surface area contributed by atoms with Crippen molar-refractivity contribution in [1.29, 1.82) is 0 Å². The van der Waals surface area contributed by atoms with E-state index in [1.165, 1.54) is 11.3 Å². The maximum Gasteiger partial charge on any atom is 0.320 e. The average molecular weight is 269 g/mol. The van der Waals surface area contributed by atoms with Crippen LogP contribution < -0.4 is 5.32 Å². The van der Waals surface area contributed by atoms with Gasteiger partial charge in [-0.2, -0.15) is 0 Å². The fraction of sp³-hybridized carbons (Fsp3) is 0.857. The van der Waals surface area contributed by atoms with Crippen molar-refractivity contribution in [2.45, 2.75) is 33.6 Å². The second-order valence-corrected chi connectivity index (χ2v) is 6.03. The molecule has 0 radical (unpaired) electrons. The molecule has 110 valence electrons. The zero-order chi connectivity index (χ0) is 14.4. The molecule has 0 aromatic carbocycles. The van der Waals surface area contributed by atoms with Gasteiger partial charge in [-0.3, -0.25) is 4.79 Å². The quantitative estimate of drug-likeness (QED) is 0.841. The highest BCUT2D eigenvalue weighted by Gasteiger charge is 2.24. The summed E-state index contributed by atoms with van der Waals surface area (Å²) in [7, 11) is 1.69. The zero-order valence-corrected chi connectivity index (χ0v) is 12.6. The molecule has 1 fully saturated rings. The monoisotopic (exact) mass is 269 g/mol. The van der Waals surface area contributed by atoms with Gasteiger partial charge in [0.15, 0.2) is 0 Å². The van der Waals surface area contributed by atoms with Crippen LogP contribution in [0.2, 0.25) is 0 Å². The lowest BCUT2D eigenvalue weighted by Gasteiger charge is -2.33. The zero-order valence-electron chi connectivity index (χ0n) is 12.6. The molecule has 0 bridgehead atoms. The van der Waals surface area contributed by atoms with E-state index in [4.69, 9.17) is 0 Å². The molecule has 3 amide bonds. The standard InChI is InChI=1S/C14H27N3O2/c1-11(2)8-15-13(18)10-16(4)14(19)17-7-5-6-12(3)9-17/h11-12H,5-10H2,1-4H3,(H,15,18). The summed E-state index contributed by atoms with van der Waals surface area (Å²) in [5, 5.41) is 2.83. The molecule has 0 aliphatic carbocycles. The Labute approximate surface area is 116 Å². The predicted octanol–water partition coefficient (Wildman–Crippen LogP) is 1.54. The van der Waals surface area contributed by atoms with Gasteiger partial charge in [0, 0.05) is 26.7 Å². The van der Waals surface area contributed by atoms with E-state index in [-0.39, 0.29) is 18.5 Å². The summed E-state index contributed by atoms with van der Waals surface area (Å²) < 4.78 is 0. The first kappa shape index (κ1) is 15.8. The summed E-state index contributed by atoms with van der Waals surface area (Å²) in [6.45, 7) is 8.65. The third kappa shape index (κ3) is 5.49. The summed E-state index contributed by atoms with van der Waals surface area (Å²) in [5.74, 6) is 0.892. The van der Waals surface area contributed by atoms with Crippen LogP contribution in [0.3, 0.4) is 0 Å². The van der Waals surface area contributed by atoms with Gasteiger partial charge < -0.3 is 15.1 Å². The molecule has 0 aromatic heterocycles. The minimum atomic E-state index is -0.0883. The predicted molar refractivity (Wildman–Crippen MR) is 75.8 cm³/mol. The number of piperidine rings is 1. The van der Waals surface area contributed by atoms with Gasteiger partial charge in [0.1, 0.15) is 6.54 Å². The van der Waals surface area contributed by atoms with Crippen LogP contribution in [0.1, 0.15) is 33.6 Å². The van der Waals surface area contributed by atoms with Crippen LogP contribution in [0, 0.1) is 11.8 Å². The number of nitrogens with one attached hydrogen (secondary N) is 1. The second kappa shape index (κ2) is 7.36. The van der Waals surface area contributed by atoms with Crippen molar-refractivity contribution in [3.8, 4) is 0 Å². The highest BCUT2D eigenvalue weighted by atomic mass is 16.2. The molecule has 5 nitrogen and oxygen atoms in total. The summed E-state index contributed by atoms with van der Waals surface area (Å²) in [5.41, 5.74) is 0. The first-order valence-electron chi connectivity index (χ1n) is 7.17. The lowest BCUT2D eigenvalue weighted by molar-refractivity contribution is -0.121. The topological polar surface area (TPSA) is 52.7 Å². The van der Waals surface area contributed by atoms with Crippen molar-refractivity contribution in [3.63, 3.8) is 0 Å². The number of likely N-dealkylation sites (N-methyl/N-ethyl adjacent to an activating group) is 1. The molecule has 5 heteroatoms. The fourth-order valence-electron chi connectivity index (χ4n) is 2.26. The molecular formula is C14H27N3O2. The molecule has 1 aliphatic rings. The van der Waals surface area contributed by atoms with Crippen molar-refractivity contribution in [2.24, 2.45) is 11.8 Å². The largest absolute Gasteiger partial charge is 0.354 e. The first-order valence-corrected chi connectivity index (χ1v) is 7.17. The van der Waals surface area contributed by atoms with Crippen LogP contribution in [0.5, 0.6) is 0 Å². The Bertz CT molecular complexity index is 318. The molecule has 1 N–H and O–H groups in total. The third-order valence-electron chi connectivity index (χ3n) is 3.34. The summed E-state index contributed by atoms with van der Waals surface area (Å²) in [4.78, 5) is 27.2. The highest BCUT2D eigenvalue weighted by molar-refractivity contribution is 5.83. The SMILES string of the molecule is CC(C)CNC(=O)CN(C)C(=O)N1CCCC(C)C1. The van der Waals surface area contributed by atoms with E-state index >= 15 is 0 Å². The van der Waals surface area contributed by atoms with Crippen molar-refractivity contribution in [1.82, 2.24) is 15.1 Å². The molecule has 0 saturated carbocycles. The van der Waals surface area contributed by atoms with E-state index < -0.39 is 0 Å². The lowest BCUT2D eigenvalue weighted by atomic mass is 10.0. The molecule has 1 heterocycles. The Hall–Kier alpha value is -1.26.